The Labute approximate surface area is 360 Å². The van der Waals surface area contributed by atoms with E-state index in [0.717, 1.165) is 162 Å². The van der Waals surface area contributed by atoms with Crippen molar-refractivity contribution in [2.24, 2.45) is 11.3 Å². The molecule has 2 N–H and O–H groups in total. The highest BCUT2D eigenvalue weighted by atomic mass is 16.5. The van der Waals surface area contributed by atoms with E-state index in [2.05, 4.69) is 90.0 Å². The second-order valence-electron chi connectivity index (χ2n) is 20.5. The quantitative estimate of drug-likeness (QED) is 0.0582. The molecule has 0 radical (unpaired) electrons. The molecule has 1 unspecified atom stereocenters. The highest BCUT2D eigenvalue weighted by Crippen LogP contribution is 2.41. The van der Waals surface area contributed by atoms with E-state index in [1.54, 1.807) is 0 Å². The van der Waals surface area contributed by atoms with E-state index < -0.39 is 0 Å². The first-order valence-corrected chi connectivity index (χ1v) is 23.7. The van der Waals surface area contributed by atoms with Gasteiger partial charge < -0.3 is 43.4 Å². The lowest BCUT2D eigenvalue weighted by molar-refractivity contribution is -0.143. The second kappa shape index (κ2) is 31.5. The molecule has 9 heteroatoms. The SMILES string of the molecule is CC(COC(C)(C)CCCCOC(C)(C)CCCCOC(C)(C)CCCCO)C(C)(C)C(C)(C)OCCCOCCCCC(C)(C)OCCCCCOCCCCO. The van der Waals surface area contributed by atoms with Gasteiger partial charge in [0.1, 0.15) is 0 Å². The Morgan fingerprint density at radius 3 is 1.10 bits per heavy atom. The molecule has 0 aromatic carbocycles. The molecule has 0 rings (SSSR count). The van der Waals surface area contributed by atoms with Crippen LogP contribution >= 0.6 is 0 Å². The Balaban J connectivity index is 4.14. The van der Waals surface area contributed by atoms with E-state index in [4.69, 9.17) is 43.4 Å². The Morgan fingerprint density at radius 1 is 0.345 bits per heavy atom. The fourth-order valence-electron chi connectivity index (χ4n) is 6.89. The number of ether oxygens (including phenoxy) is 7. The molecule has 0 saturated carbocycles. The molecule has 9 nitrogen and oxygen atoms in total. The Kier molecular flexibility index (Phi) is 31.3. The van der Waals surface area contributed by atoms with Crippen LogP contribution in [0.5, 0.6) is 0 Å². The van der Waals surface area contributed by atoms with Crippen molar-refractivity contribution in [3.05, 3.63) is 0 Å². The highest BCUT2D eigenvalue weighted by Gasteiger charge is 2.42. The molecule has 1 atom stereocenters. The van der Waals surface area contributed by atoms with E-state index in [9.17, 15) is 0 Å². The molecule has 0 heterocycles. The average Bonchev–Trinajstić information content (AvgIpc) is 3.13. The molecule has 350 valence electrons. The molecule has 0 spiro atoms. The van der Waals surface area contributed by atoms with Crippen LogP contribution in [0.1, 0.15) is 206 Å². The van der Waals surface area contributed by atoms with Gasteiger partial charge in [-0.3, -0.25) is 0 Å². The van der Waals surface area contributed by atoms with E-state index in [-0.39, 0.29) is 46.6 Å². The first-order valence-electron chi connectivity index (χ1n) is 23.7. The summed E-state index contributed by atoms with van der Waals surface area (Å²) in [4.78, 5) is 0. The molecular formula is C49H100O9. The molecular weight excluding hydrogens is 733 g/mol. The van der Waals surface area contributed by atoms with Crippen molar-refractivity contribution in [1.82, 2.24) is 0 Å². The van der Waals surface area contributed by atoms with Gasteiger partial charge in [0.25, 0.3) is 0 Å². The third-order valence-corrected chi connectivity index (χ3v) is 12.4. The van der Waals surface area contributed by atoms with Gasteiger partial charge in [0.2, 0.25) is 0 Å². The minimum atomic E-state index is -0.297. The zero-order chi connectivity index (χ0) is 44.0. The van der Waals surface area contributed by atoms with Gasteiger partial charge in [0.15, 0.2) is 0 Å². The largest absolute Gasteiger partial charge is 0.396 e. The summed E-state index contributed by atoms with van der Waals surface area (Å²) in [6.45, 7) is 36.2. The lowest BCUT2D eigenvalue weighted by Gasteiger charge is -2.46. The van der Waals surface area contributed by atoms with E-state index in [0.29, 0.717) is 19.1 Å². The summed E-state index contributed by atoms with van der Waals surface area (Å²) in [6, 6.07) is 0. The summed E-state index contributed by atoms with van der Waals surface area (Å²) in [5.74, 6) is 0.325. The Morgan fingerprint density at radius 2 is 0.655 bits per heavy atom. The van der Waals surface area contributed by atoms with Crippen molar-refractivity contribution < 1.29 is 43.4 Å². The highest BCUT2D eigenvalue weighted by molar-refractivity contribution is 4.92. The van der Waals surface area contributed by atoms with Gasteiger partial charge in [-0.2, -0.15) is 0 Å². The molecule has 0 saturated heterocycles. The van der Waals surface area contributed by atoms with Crippen LogP contribution in [-0.2, 0) is 33.2 Å². The van der Waals surface area contributed by atoms with Gasteiger partial charge in [-0.15, -0.1) is 0 Å². The molecule has 58 heavy (non-hydrogen) atoms. The van der Waals surface area contributed by atoms with E-state index in [1.807, 2.05) is 0 Å². The minimum absolute atomic E-state index is 0.0732. The number of unbranched alkanes of at least 4 members (excludes halogenated alkanes) is 7. The van der Waals surface area contributed by atoms with Crippen LogP contribution in [0.3, 0.4) is 0 Å². The first kappa shape index (κ1) is 57.6. The molecule has 0 aliphatic heterocycles. The van der Waals surface area contributed by atoms with Gasteiger partial charge >= 0.3 is 0 Å². The summed E-state index contributed by atoms with van der Waals surface area (Å²) >= 11 is 0. The Hall–Kier alpha value is -0.360. The van der Waals surface area contributed by atoms with Gasteiger partial charge in [0, 0.05) is 66.1 Å². The normalized spacial score (nSPS) is 14.1. The maximum absolute atomic E-state index is 9.02. The van der Waals surface area contributed by atoms with Crippen LogP contribution in [0.4, 0.5) is 0 Å². The molecule has 0 aromatic rings. The fraction of sp³-hybridized carbons (Fsp3) is 1.00. The topological polar surface area (TPSA) is 105 Å². The summed E-state index contributed by atoms with van der Waals surface area (Å²) < 4.78 is 43.2. The van der Waals surface area contributed by atoms with Crippen molar-refractivity contribution in [2.45, 2.75) is 234 Å². The van der Waals surface area contributed by atoms with Gasteiger partial charge in [0.05, 0.1) is 34.6 Å². The number of aliphatic hydroxyl groups excluding tert-OH is 2. The summed E-state index contributed by atoms with van der Waals surface area (Å²) in [5, 5.41) is 17.8. The molecule has 0 amide bonds. The standard InChI is InChI=1S/C49H100O9/c1-43(42-58-47(8,9)31-18-25-40-56-46(6,7)30-17-24-39-55-44(2,3)28-15-19-32-50)48(10,11)49(12,13)57-41-27-37-53-35-23-16-29-45(4,5)54-38-22-14-21-34-52-36-26-20-33-51/h43,50-51H,14-42H2,1-13H3. The van der Waals surface area contributed by atoms with E-state index in [1.165, 1.54) is 0 Å². The smallest absolute Gasteiger partial charge is 0.0680 e. The van der Waals surface area contributed by atoms with Crippen molar-refractivity contribution in [2.75, 3.05) is 72.7 Å². The summed E-state index contributed by atoms with van der Waals surface area (Å²) in [6.07, 6.45) is 18.2. The predicted molar refractivity (Wildman–Crippen MR) is 242 cm³/mol. The van der Waals surface area contributed by atoms with Crippen molar-refractivity contribution in [3.63, 3.8) is 0 Å². The van der Waals surface area contributed by atoms with Crippen molar-refractivity contribution >= 4 is 0 Å². The van der Waals surface area contributed by atoms with Gasteiger partial charge in [-0.05, 0) is 196 Å². The van der Waals surface area contributed by atoms with Crippen LogP contribution in [0, 0.1) is 11.3 Å². The van der Waals surface area contributed by atoms with Crippen molar-refractivity contribution in [1.29, 1.82) is 0 Å². The molecule has 0 aliphatic carbocycles. The van der Waals surface area contributed by atoms with Crippen LogP contribution in [0.2, 0.25) is 0 Å². The number of rotatable bonds is 42. The van der Waals surface area contributed by atoms with Crippen LogP contribution < -0.4 is 0 Å². The first-order chi connectivity index (χ1) is 27.1. The third-order valence-electron chi connectivity index (χ3n) is 12.4. The molecule has 0 aliphatic rings. The summed E-state index contributed by atoms with van der Waals surface area (Å²) in [5.41, 5.74) is -0.905. The maximum Gasteiger partial charge on any atom is 0.0680 e. The lowest BCUT2D eigenvalue weighted by Crippen LogP contribution is -2.48. The summed E-state index contributed by atoms with van der Waals surface area (Å²) in [7, 11) is 0. The Bertz CT molecular complexity index is 946. The molecule has 0 fully saturated rings. The average molecular weight is 833 g/mol. The number of aliphatic hydroxyl groups is 2. The van der Waals surface area contributed by atoms with Gasteiger partial charge in [-0.25, -0.2) is 0 Å². The van der Waals surface area contributed by atoms with Crippen molar-refractivity contribution in [3.8, 4) is 0 Å². The van der Waals surface area contributed by atoms with E-state index >= 15 is 0 Å². The van der Waals surface area contributed by atoms with Gasteiger partial charge in [-0.1, -0.05) is 20.8 Å². The maximum atomic E-state index is 9.02. The third kappa shape index (κ3) is 30.6. The number of hydrogen-bond donors (Lipinski definition) is 2. The number of hydrogen-bond acceptors (Lipinski definition) is 9. The fourth-order valence-corrected chi connectivity index (χ4v) is 6.89. The van der Waals surface area contributed by atoms with Crippen LogP contribution in [-0.4, -0.2) is 111 Å². The zero-order valence-electron chi connectivity index (χ0n) is 40.8. The lowest BCUT2D eigenvalue weighted by atomic mass is 9.68. The predicted octanol–water partition coefficient (Wildman–Crippen LogP) is 11.7. The zero-order valence-corrected chi connectivity index (χ0v) is 40.8. The molecule has 0 bridgehead atoms. The monoisotopic (exact) mass is 833 g/mol. The van der Waals surface area contributed by atoms with Crippen LogP contribution in [0.25, 0.3) is 0 Å². The minimum Gasteiger partial charge on any atom is -0.396 e. The second-order valence-corrected chi connectivity index (χ2v) is 20.5. The van der Waals surface area contributed by atoms with Crippen LogP contribution in [0.15, 0.2) is 0 Å². The molecule has 0 aromatic heterocycles.